The molecule has 14 heavy (non-hydrogen) atoms. The van der Waals surface area contributed by atoms with Crippen molar-refractivity contribution in [1.29, 1.82) is 0 Å². The number of fused-ring (bicyclic) bond motifs is 1. The van der Waals surface area contributed by atoms with Gasteiger partial charge in [0, 0.05) is 16.6 Å². The van der Waals surface area contributed by atoms with Crippen LogP contribution >= 0.6 is 23.2 Å². The summed E-state index contributed by atoms with van der Waals surface area (Å²) < 4.78 is 5.25. The summed E-state index contributed by atoms with van der Waals surface area (Å²) in [5.41, 5.74) is 8.02. The van der Waals surface area contributed by atoms with Gasteiger partial charge in [-0.05, 0) is 24.5 Å². The molecule has 0 heterocycles. The average molecular weight is 232 g/mol. The summed E-state index contributed by atoms with van der Waals surface area (Å²) in [6, 6.07) is 1.86. The van der Waals surface area contributed by atoms with Crippen molar-refractivity contribution in [1.82, 2.24) is 0 Å². The van der Waals surface area contributed by atoms with Crippen LogP contribution in [0.3, 0.4) is 0 Å². The van der Waals surface area contributed by atoms with Crippen LogP contribution in [-0.4, -0.2) is 13.2 Å². The molecule has 1 aromatic rings. The largest absolute Gasteiger partial charge is 0.495 e. The van der Waals surface area contributed by atoms with Gasteiger partial charge in [-0.3, -0.25) is 0 Å². The van der Waals surface area contributed by atoms with E-state index in [-0.39, 0.29) is 6.04 Å². The number of nitrogens with two attached hydrogens (primary N) is 1. The van der Waals surface area contributed by atoms with E-state index >= 15 is 0 Å². The van der Waals surface area contributed by atoms with Crippen molar-refractivity contribution in [2.24, 2.45) is 5.73 Å². The van der Waals surface area contributed by atoms with Crippen LogP contribution in [0.1, 0.15) is 11.1 Å². The molecule has 1 aromatic carbocycles. The summed E-state index contributed by atoms with van der Waals surface area (Å²) in [6.45, 7) is 0. The number of ether oxygens (including phenoxy) is 1. The summed E-state index contributed by atoms with van der Waals surface area (Å²) in [7, 11) is 1.61. The van der Waals surface area contributed by atoms with E-state index in [4.69, 9.17) is 33.7 Å². The Labute approximate surface area is 92.9 Å². The predicted molar refractivity (Wildman–Crippen MR) is 58.4 cm³/mol. The average Bonchev–Trinajstić information content (AvgIpc) is 2.48. The van der Waals surface area contributed by atoms with E-state index in [1.54, 1.807) is 13.2 Å². The van der Waals surface area contributed by atoms with Gasteiger partial charge in [0.2, 0.25) is 0 Å². The number of hydrogen-bond donors (Lipinski definition) is 1. The molecule has 2 N–H and O–H groups in total. The Morgan fingerprint density at radius 3 is 2.57 bits per heavy atom. The monoisotopic (exact) mass is 231 g/mol. The lowest BCUT2D eigenvalue weighted by Gasteiger charge is -2.10. The molecule has 0 spiro atoms. The van der Waals surface area contributed by atoms with E-state index in [1.807, 2.05) is 0 Å². The van der Waals surface area contributed by atoms with Gasteiger partial charge in [-0.25, -0.2) is 0 Å². The van der Waals surface area contributed by atoms with Crippen molar-refractivity contribution in [3.05, 3.63) is 27.2 Å². The molecule has 0 saturated heterocycles. The third-order valence-corrected chi connectivity index (χ3v) is 3.15. The smallest absolute Gasteiger partial charge is 0.141 e. The Balaban J connectivity index is 2.60. The zero-order valence-electron chi connectivity index (χ0n) is 7.81. The highest BCUT2D eigenvalue weighted by molar-refractivity contribution is 6.36. The Bertz CT molecular complexity index is 379. The first-order chi connectivity index (χ1) is 6.63. The normalized spacial score (nSPS) is 19.6. The van der Waals surface area contributed by atoms with E-state index in [0.717, 1.165) is 29.7 Å². The molecule has 1 unspecified atom stereocenters. The molecule has 4 heteroatoms. The third kappa shape index (κ3) is 1.48. The highest BCUT2D eigenvalue weighted by Gasteiger charge is 2.26. The Hall–Kier alpha value is -0.440. The molecule has 0 bridgehead atoms. The number of methoxy groups -OCH3 is 1. The highest BCUT2D eigenvalue weighted by atomic mass is 35.5. The van der Waals surface area contributed by atoms with Crippen molar-refractivity contribution < 1.29 is 4.74 Å². The van der Waals surface area contributed by atoms with E-state index in [1.165, 1.54) is 0 Å². The number of hydrogen-bond acceptors (Lipinski definition) is 2. The van der Waals surface area contributed by atoms with Gasteiger partial charge in [0.15, 0.2) is 0 Å². The predicted octanol–water partition coefficient (Wildman–Crippen LogP) is 2.43. The minimum Gasteiger partial charge on any atom is -0.495 e. The summed E-state index contributed by atoms with van der Waals surface area (Å²) in [4.78, 5) is 0. The first kappa shape index (κ1) is 10.1. The van der Waals surface area contributed by atoms with Crippen LogP contribution in [-0.2, 0) is 12.8 Å². The summed E-state index contributed by atoms with van der Waals surface area (Å²) >= 11 is 12.1. The van der Waals surface area contributed by atoms with Gasteiger partial charge < -0.3 is 10.5 Å². The fourth-order valence-electron chi connectivity index (χ4n) is 1.94. The molecule has 2 nitrogen and oxygen atoms in total. The molecule has 0 saturated carbocycles. The van der Waals surface area contributed by atoms with Gasteiger partial charge in [0.25, 0.3) is 0 Å². The molecule has 0 aliphatic heterocycles. The highest BCUT2D eigenvalue weighted by Crippen LogP contribution is 2.40. The maximum atomic E-state index is 6.07. The number of benzene rings is 1. The zero-order valence-corrected chi connectivity index (χ0v) is 9.32. The second kappa shape index (κ2) is 3.61. The van der Waals surface area contributed by atoms with Crippen molar-refractivity contribution in [2.75, 3.05) is 7.11 Å². The maximum Gasteiger partial charge on any atom is 0.141 e. The molecule has 0 amide bonds. The van der Waals surface area contributed by atoms with Crippen molar-refractivity contribution in [3.63, 3.8) is 0 Å². The molecule has 0 aromatic heterocycles. The second-order valence-corrected chi connectivity index (χ2v) is 4.31. The van der Waals surface area contributed by atoms with Crippen molar-refractivity contribution in [3.8, 4) is 5.75 Å². The maximum absolute atomic E-state index is 6.07. The van der Waals surface area contributed by atoms with Crippen LogP contribution in [0, 0.1) is 0 Å². The van der Waals surface area contributed by atoms with Gasteiger partial charge in [-0.15, -0.1) is 0 Å². The first-order valence-corrected chi connectivity index (χ1v) is 5.18. The van der Waals surface area contributed by atoms with Crippen LogP contribution in [0.4, 0.5) is 0 Å². The first-order valence-electron chi connectivity index (χ1n) is 4.42. The molecule has 1 aliphatic carbocycles. The van der Waals surface area contributed by atoms with Gasteiger partial charge >= 0.3 is 0 Å². The van der Waals surface area contributed by atoms with Gasteiger partial charge in [0.1, 0.15) is 5.75 Å². The summed E-state index contributed by atoms with van der Waals surface area (Å²) in [6.07, 6.45) is 1.60. The third-order valence-electron chi connectivity index (χ3n) is 2.53. The fourth-order valence-corrected chi connectivity index (χ4v) is 2.60. The van der Waals surface area contributed by atoms with Gasteiger partial charge in [-0.1, -0.05) is 23.2 Å². The lowest BCUT2D eigenvalue weighted by atomic mass is 10.1. The van der Waals surface area contributed by atoms with Crippen LogP contribution < -0.4 is 10.5 Å². The molecule has 0 fully saturated rings. The molecule has 0 radical (unpaired) electrons. The van der Waals surface area contributed by atoms with Gasteiger partial charge in [-0.2, -0.15) is 0 Å². The van der Waals surface area contributed by atoms with E-state index in [9.17, 15) is 0 Å². The lowest BCUT2D eigenvalue weighted by Crippen LogP contribution is -2.19. The summed E-state index contributed by atoms with van der Waals surface area (Å²) in [5, 5.41) is 1.25. The zero-order chi connectivity index (χ0) is 10.3. The Kier molecular flexibility index (Phi) is 2.60. The quantitative estimate of drug-likeness (QED) is 0.806. The van der Waals surface area contributed by atoms with Crippen molar-refractivity contribution >= 4 is 23.2 Å². The number of rotatable bonds is 1. The molecule has 1 atom stereocenters. The molecule has 2 rings (SSSR count). The standard InChI is InChI=1S/C10H11Cl2NO/c1-14-10-7-3-5(13)2-6(7)8(11)4-9(10)12/h4-5H,2-3,13H2,1H3. The minimum atomic E-state index is 0.134. The lowest BCUT2D eigenvalue weighted by molar-refractivity contribution is 0.410. The molecular formula is C10H11Cl2NO. The Morgan fingerprint density at radius 2 is 1.93 bits per heavy atom. The topological polar surface area (TPSA) is 35.2 Å². The number of halogens is 2. The van der Waals surface area contributed by atoms with Crippen LogP contribution in [0.5, 0.6) is 5.75 Å². The van der Waals surface area contributed by atoms with E-state index < -0.39 is 0 Å². The van der Waals surface area contributed by atoms with Crippen LogP contribution in [0.15, 0.2) is 6.07 Å². The molecule has 1 aliphatic rings. The van der Waals surface area contributed by atoms with Crippen LogP contribution in [0.25, 0.3) is 0 Å². The minimum absolute atomic E-state index is 0.134. The summed E-state index contributed by atoms with van der Waals surface area (Å²) in [5.74, 6) is 0.721. The van der Waals surface area contributed by atoms with Crippen molar-refractivity contribution in [2.45, 2.75) is 18.9 Å². The fraction of sp³-hybridized carbons (Fsp3) is 0.400. The SMILES string of the molecule is COc1c(Cl)cc(Cl)c2c1CC(N)C2. The van der Waals surface area contributed by atoms with E-state index in [0.29, 0.717) is 10.0 Å². The van der Waals surface area contributed by atoms with E-state index in [2.05, 4.69) is 0 Å². The second-order valence-electron chi connectivity index (χ2n) is 3.50. The molecule has 76 valence electrons. The molecular weight excluding hydrogens is 221 g/mol. The van der Waals surface area contributed by atoms with Crippen LogP contribution in [0.2, 0.25) is 10.0 Å². The Morgan fingerprint density at radius 1 is 1.29 bits per heavy atom. The van der Waals surface area contributed by atoms with Gasteiger partial charge in [0.05, 0.1) is 12.1 Å².